The number of carbonyl (C=O) groups is 1. The fraction of sp³-hybridized carbons (Fsp3) is 0.417. The minimum Gasteiger partial charge on any atom is -0.479 e. The van der Waals surface area contributed by atoms with Crippen LogP contribution in [0.15, 0.2) is 18.2 Å². The van der Waals surface area contributed by atoms with E-state index in [-0.39, 0.29) is 11.9 Å². The van der Waals surface area contributed by atoms with E-state index in [4.69, 9.17) is 22.1 Å². The molecule has 4 nitrogen and oxygen atoms in total. The Morgan fingerprint density at radius 1 is 1.41 bits per heavy atom. The molecule has 17 heavy (non-hydrogen) atoms. The summed E-state index contributed by atoms with van der Waals surface area (Å²) in [5.74, 6) is 0.239. The largest absolute Gasteiger partial charge is 0.479 e. The number of nitrogen functional groups attached to an aromatic ring is 1. The van der Waals surface area contributed by atoms with E-state index in [9.17, 15) is 4.79 Å². The van der Waals surface area contributed by atoms with Crippen LogP contribution in [0.4, 0.5) is 5.69 Å². The molecule has 0 bridgehead atoms. The highest BCUT2D eigenvalue weighted by Gasteiger charge is 2.16. The minimum atomic E-state index is -0.613. The van der Waals surface area contributed by atoms with Crippen molar-refractivity contribution < 1.29 is 9.53 Å². The third kappa shape index (κ3) is 4.15. The van der Waals surface area contributed by atoms with Crippen LogP contribution in [0.5, 0.6) is 5.75 Å². The number of nitrogens with one attached hydrogen (secondary N) is 1. The van der Waals surface area contributed by atoms with Crippen molar-refractivity contribution in [2.75, 3.05) is 5.73 Å². The molecule has 5 heteroatoms. The third-order valence-electron chi connectivity index (χ3n) is 2.08. The van der Waals surface area contributed by atoms with E-state index in [0.29, 0.717) is 16.5 Å². The quantitative estimate of drug-likeness (QED) is 0.812. The lowest BCUT2D eigenvalue weighted by atomic mass is 10.3. The fourth-order valence-corrected chi connectivity index (χ4v) is 1.42. The van der Waals surface area contributed by atoms with E-state index < -0.39 is 6.10 Å². The van der Waals surface area contributed by atoms with Crippen molar-refractivity contribution >= 4 is 23.2 Å². The molecule has 1 aromatic carbocycles. The van der Waals surface area contributed by atoms with Gasteiger partial charge in [-0.3, -0.25) is 4.79 Å². The zero-order chi connectivity index (χ0) is 13.0. The SMILES string of the molecule is CC(C)NC(=O)C(C)Oc1cc(Cl)ccc1N. The first-order valence-electron chi connectivity index (χ1n) is 5.42. The van der Waals surface area contributed by atoms with Crippen molar-refractivity contribution in [3.8, 4) is 5.75 Å². The molecule has 0 saturated carbocycles. The summed E-state index contributed by atoms with van der Waals surface area (Å²) in [6.07, 6.45) is -0.613. The van der Waals surface area contributed by atoms with Gasteiger partial charge in [0.2, 0.25) is 0 Å². The Morgan fingerprint density at radius 2 is 2.06 bits per heavy atom. The van der Waals surface area contributed by atoms with E-state index in [1.54, 1.807) is 25.1 Å². The smallest absolute Gasteiger partial charge is 0.260 e. The van der Waals surface area contributed by atoms with Crippen LogP contribution < -0.4 is 15.8 Å². The highest BCUT2D eigenvalue weighted by Crippen LogP contribution is 2.26. The molecule has 1 unspecified atom stereocenters. The molecule has 1 amide bonds. The highest BCUT2D eigenvalue weighted by atomic mass is 35.5. The average Bonchev–Trinajstić information content (AvgIpc) is 2.22. The summed E-state index contributed by atoms with van der Waals surface area (Å²) in [5, 5.41) is 3.28. The molecule has 0 saturated heterocycles. The molecule has 1 atom stereocenters. The van der Waals surface area contributed by atoms with Crippen molar-refractivity contribution in [1.29, 1.82) is 0 Å². The van der Waals surface area contributed by atoms with Crippen LogP contribution in [-0.4, -0.2) is 18.1 Å². The van der Waals surface area contributed by atoms with E-state index in [1.807, 2.05) is 13.8 Å². The van der Waals surface area contributed by atoms with Gasteiger partial charge in [-0.25, -0.2) is 0 Å². The van der Waals surface area contributed by atoms with Gasteiger partial charge in [-0.2, -0.15) is 0 Å². The molecule has 0 fully saturated rings. The number of amides is 1. The summed E-state index contributed by atoms with van der Waals surface area (Å²) >= 11 is 5.83. The zero-order valence-electron chi connectivity index (χ0n) is 10.2. The third-order valence-corrected chi connectivity index (χ3v) is 2.31. The van der Waals surface area contributed by atoms with Crippen LogP contribution >= 0.6 is 11.6 Å². The molecule has 0 radical (unpaired) electrons. The number of rotatable bonds is 4. The first-order valence-corrected chi connectivity index (χ1v) is 5.80. The van der Waals surface area contributed by atoms with Gasteiger partial charge in [0.15, 0.2) is 6.10 Å². The van der Waals surface area contributed by atoms with Crippen molar-refractivity contribution in [3.63, 3.8) is 0 Å². The molecule has 94 valence electrons. The Morgan fingerprint density at radius 3 is 2.65 bits per heavy atom. The van der Waals surface area contributed by atoms with Crippen LogP contribution in [0.1, 0.15) is 20.8 Å². The number of nitrogens with two attached hydrogens (primary N) is 1. The van der Waals surface area contributed by atoms with Gasteiger partial charge in [0.05, 0.1) is 5.69 Å². The molecule has 0 aliphatic rings. The molecule has 0 heterocycles. The molecule has 0 spiro atoms. The Labute approximate surface area is 106 Å². The van der Waals surface area contributed by atoms with Gasteiger partial charge in [0.25, 0.3) is 5.91 Å². The van der Waals surface area contributed by atoms with Gasteiger partial charge in [0, 0.05) is 17.1 Å². The summed E-state index contributed by atoms with van der Waals surface area (Å²) in [6, 6.07) is 4.98. The first kappa shape index (κ1) is 13.6. The Bertz CT molecular complexity index is 407. The van der Waals surface area contributed by atoms with Gasteiger partial charge in [-0.05, 0) is 32.9 Å². The standard InChI is InChI=1S/C12H17ClN2O2/c1-7(2)15-12(16)8(3)17-11-6-9(13)4-5-10(11)14/h4-8H,14H2,1-3H3,(H,15,16). The van der Waals surface area contributed by atoms with Crippen LogP contribution in [0, 0.1) is 0 Å². The van der Waals surface area contributed by atoms with Crippen molar-refractivity contribution in [2.24, 2.45) is 0 Å². The molecule has 1 rings (SSSR count). The van der Waals surface area contributed by atoms with Gasteiger partial charge in [0.1, 0.15) is 5.75 Å². The van der Waals surface area contributed by atoms with Crippen LogP contribution in [0.2, 0.25) is 5.02 Å². The number of carbonyl (C=O) groups excluding carboxylic acids is 1. The first-order chi connectivity index (χ1) is 7.90. The lowest BCUT2D eigenvalue weighted by molar-refractivity contribution is -0.127. The normalized spacial score (nSPS) is 12.3. The topological polar surface area (TPSA) is 64.3 Å². The minimum absolute atomic E-state index is 0.0743. The second-order valence-corrected chi connectivity index (χ2v) is 4.54. The number of hydrogen-bond donors (Lipinski definition) is 2. The van der Waals surface area contributed by atoms with Crippen molar-refractivity contribution in [1.82, 2.24) is 5.32 Å². The number of benzene rings is 1. The second-order valence-electron chi connectivity index (χ2n) is 4.11. The van der Waals surface area contributed by atoms with Crippen LogP contribution in [-0.2, 0) is 4.79 Å². The number of hydrogen-bond acceptors (Lipinski definition) is 3. The summed E-state index contributed by atoms with van der Waals surface area (Å²) in [4.78, 5) is 11.6. The fourth-order valence-electron chi connectivity index (χ4n) is 1.26. The lowest BCUT2D eigenvalue weighted by Gasteiger charge is -2.17. The molecular formula is C12H17ClN2O2. The molecule has 3 N–H and O–H groups in total. The maximum absolute atomic E-state index is 11.6. The van der Waals surface area contributed by atoms with Crippen molar-refractivity contribution in [2.45, 2.75) is 32.9 Å². The Kier molecular flexibility index (Phi) is 4.63. The van der Waals surface area contributed by atoms with Gasteiger partial charge in [-0.15, -0.1) is 0 Å². The summed E-state index contributed by atoms with van der Waals surface area (Å²) in [5.41, 5.74) is 6.18. The highest BCUT2D eigenvalue weighted by molar-refractivity contribution is 6.30. The maximum atomic E-state index is 11.6. The summed E-state index contributed by atoms with van der Waals surface area (Å²) in [6.45, 7) is 5.44. The molecule has 0 aliphatic carbocycles. The average molecular weight is 257 g/mol. The molecule has 0 aliphatic heterocycles. The van der Waals surface area contributed by atoms with E-state index in [2.05, 4.69) is 5.32 Å². The number of anilines is 1. The van der Waals surface area contributed by atoms with E-state index in [1.165, 1.54) is 0 Å². The van der Waals surface area contributed by atoms with Gasteiger partial charge >= 0.3 is 0 Å². The predicted molar refractivity (Wildman–Crippen MR) is 69.2 cm³/mol. The van der Waals surface area contributed by atoms with E-state index >= 15 is 0 Å². The summed E-state index contributed by atoms with van der Waals surface area (Å²) in [7, 11) is 0. The maximum Gasteiger partial charge on any atom is 0.260 e. The van der Waals surface area contributed by atoms with Gasteiger partial charge < -0.3 is 15.8 Å². The number of halogens is 1. The van der Waals surface area contributed by atoms with Crippen molar-refractivity contribution in [3.05, 3.63) is 23.2 Å². The monoisotopic (exact) mass is 256 g/mol. The summed E-state index contributed by atoms with van der Waals surface area (Å²) < 4.78 is 5.47. The van der Waals surface area contributed by atoms with Gasteiger partial charge in [-0.1, -0.05) is 11.6 Å². The van der Waals surface area contributed by atoms with Crippen LogP contribution in [0.3, 0.4) is 0 Å². The molecule has 1 aromatic rings. The number of ether oxygens (including phenoxy) is 1. The predicted octanol–water partition coefficient (Wildman–Crippen LogP) is 2.21. The molecular weight excluding hydrogens is 240 g/mol. The Balaban J connectivity index is 2.70. The lowest BCUT2D eigenvalue weighted by Crippen LogP contribution is -2.40. The van der Waals surface area contributed by atoms with E-state index in [0.717, 1.165) is 0 Å². The Hall–Kier alpha value is -1.42. The molecule has 0 aromatic heterocycles. The zero-order valence-corrected chi connectivity index (χ0v) is 10.9. The second kappa shape index (κ2) is 5.77. The van der Waals surface area contributed by atoms with Crippen LogP contribution in [0.25, 0.3) is 0 Å².